The van der Waals surface area contributed by atoms with Crippen molar-refractivity contribution >= 4 is 40.2 Å². The number of hydrogen-bond donors (Lipinski definition) is 1. The SMILES string of the molecule is O=C(O)[C@@H]1[C@@H](I)[C@H]1COC1=CC(Oc2ccc(C(F)(F)F)cc2Cl)=CCC1. The van der Waals surface area contributed by atoms with Crippen molar-refractivity contribution < 1.29 is 32.5 Å². The minimum atomic E-state index is -4.47. The Bertz CT molecular complexity index is 806. The first-order valence-corrected chi connectivity index (χ1v) is 9.74. The van der Waals surface area contributed by atoms with Crippen molar-refractivity contribution in [1.29, 1.82) is 0 Å². The first-order valence-electron chi connectivity index (χ1n) is 8.12. The fraction of sp³-hybridized carbons (Fsp3) is 0.389. The predicted octanol–water partition coefficient (Wildman–Crippen LogP) is 5.45. The van der Waals surface area contributed by atoms with E-state index in [1.807, 2.05) is 0 Å². The number of rotatable bonds is 6. The van der Waals surface area contributed by atoms with E-state index in [9.17, 15) is 18.0 Å². The molecule has 2 aliphatic rings. The zero-order valence-corrected chi connectivity index (χ0v) is 16.7. The molecule has 1 aromatic rings. The summed E-state index contributed by atoms with van der Waals surface area (Å²) in [5.41, 5.74) is -0.845. The van der Waals surface area contributed by atoms with Crippen LogP contribution in [0.5, 0.6) is 5.75 Å². The van der Waals surface area contributed by atoms with Crippen LogP contribution in [0.25, 0.3) is 0 Å². The van der Waals surface area contributed by atoms with E-state index in [-0.39, 0.29) is 26.5 Å². The molecule has 0 saturated heterocycles. The minimum absolute atomic E-state index is 0.0244. The third kappa shape index (κ3) is 4.90. The van der Waals surface area contributed by atoms with Crippen LogP contribution in [0.15, 0.2) is 41.9 Å². The quantitative estimate of drug-likeness (QED) is 0.405. The van der Waals surface area contributed by atoms with Crippen LogP contribution < -0.4 is 4.74 Å². The van der Waals surface area contributed by atoms with Gasteiger partial charge in [-0.05, 0) is 30.7 Å². The average molecular weight is 515 g/mol. The minimum Gasteiger partial charge on any atom is -0.497 e. The number of aliphatic carboxylic acids is 1. The zero-order chi connectivity index (χ0) is 19.8. The molecule has 0 aliphatic heterocycles. The van der Waals surface area contributed by atoms with Crippen LogP contribution in [0, 0.1) is 11.8 Å². The molecule has 4 nitrogen and oxygen atoms in total. The summed E-state index contributed by atoms with van der Waals surface area (Å²) in [6.45, 7) is 0.310. The van der Waals surface area contributed by atoms with Crippen molar-refractivity contribution in [2.24, 2.45) is 11.8 Å². The van der Waals surface area contributed by atoms with Crippen LogP contribution in [0.2, 0.25) is 5.02 Å². The number of benzene rings is 1. The van der Waals surface area contributed by atoms with Gasteiger partial charge in [0.05, 0.1) is 28.9 Å². The molecule has 2 aliphatic carbocycles. The number of carbonyl (C=O) groups is 1. The molecule has 0 unspecified atom stereocenters. The molecule has 0 amide bonds. The molecule has 146 valence electrons. The highest BCUT2D eigenvalue weighted by Gasteiger charge is 2.54. The summed E-state index contributed by atoms with van der Waals surface area (Å²) in [6, 6.07) is 2.91. The van der Waals surface area contributed by atoms with Crippen molar-refractivity contribution in [3.8, 4) is 5.75 Å². The topological polar surface area (TPSA) is 55.8 Å². The molecule has 0 bridgehead atoms. The summed E-state index contributed by atoms with van der Waals surface area (Å²) in [4.78, 5) is 11.0. The first-order chi connectivity index (χ1) is 12.7. The number of allylic oxidation sites excluding steroid dienone is 3. The largest absolute Gasteiger partial charge is 0.497 e. The Morgan fingerprint density at radius 3 is 2.70 bits per heavy atom. The van der Waals surface area contributed by atoms with Gasteiger partial charge in [0.2, 0.25) is 0 Å². The van der Waals surface area contributed by atoms with Gasteiger partial charge in [0.1, 0.15) is 11.5 Å². The van der Waals surface area contributed by atoms with Crippen LogP contribution in [-0.4, -0.2) is 21.6 Å². The zero-order valence-electron chi connectivity index (χ0n) is 13.8. The van der Waals surface area contributed by atoms with Gasteiger partial charge < -0.3 is 14.6 Å². The number of carboxylic acid groups (broad SMARTS) is 1. The number of halogens is 5. The fourth-order valence-corrected chi connectivity index (χ4v) is 4.24. The predicted molar refractivity (Wildman–Crippen MR) is 101 cm³/mol. The first kappa shape index (κ1) is 20.3. The molecule has 0 heterocycles. The normalized spacial score (nSPS) is 24.7. The second-order valence-corrected chi connectivity index (χ2v) is 8.13. The van der Waals surface area contributed by atoms with E-state index in [0.29, 0.717) is 31.0 Å². The van der Waals surface area contributed by atoms with Gasteiger partial charge in [0.25, 0.3) is 0 Å². The number of hydrogen-bond acceptors (Lipinski definition) is 3. The smallest absolute Gasteiger partial charge is 0.416 e. The Balaban J connectivity index is 1.61. The van der Waals surface area contributed by atoms with E-state index < -0.39 is 17.7 Å². The molecule has 3 rings (SSSR count). The number of carboxylic acids is 1. The van der Waals surface area contributed by atoms with E-state index in [0.717, 1.165) is 12.1 Å². The molecule has 1 fully saturated rings. The van der Waals surface area contributed by atoms with E-state index >= 15 is 0 Å². The number of ether oxygens (including phenoxy) is 2. The van der Waals surface area contributed by atoms with Gasteiger partial charge in [0.15, 0.2) is 0 Å². The van der Waals surface area contributed by atoms with E-state index in [4.69, 9.17) is 26.2 Å². The maximum absolute atomic E-state index is 12.7. The summed E-state index contributed by atoms with van der Waals surface area (Å²) in [5, 5.41) is 8.91. The lowest BCUT2D eigenvalue weighted by Crippen LogP contribution is -2.07. The molecule has 9 heteroatoms. The summed E-state index contributed by atoms with van der Waals surface area (Å²) in [6.07, 6.45) is 0.251. The van der Waals surface area contributed by atoms with E-state index in [2.05, 4.69) is 22.6 Å². The maximum Gasteiger partial charge on any atom is 0.416 e. The fourth-order valence-electron chi connectivity index (χ4n) is 2.77. The highest BCUT2D eigenvalue weighted by Crippen LogP contribution is 2.46. The van der Waals surface area contributed by atoms with Crippen molar-refractivity contribution in [3.63, 3.8) is 0 Å². The van der Waals surface area contributed by atoms with E-state index in [1.54, 1.807) is 12.2 Å². The van der Waals surface area contributed by atoms with Gasteiger partial charge in [-0.1, -0.05) is 34.2 Å². The van der Waals surface area contributed by atoms with Crippen molar-refractivity contribution in [2.45, 2.75) is 22.9 Å². The molecule has 0 aromatic heterocycles. The van der Waals surface area contributed by atoms with Crippen molar-refractivity contribution in [2.75, 3.05) is 6.61 Å². The molecule has 3 atom stereocenters. The van der Waals surface area contributed by atoms with Gasteiger partial charge in [-0.3, -0.25) is 4.79 Å². The third-order valence-corrected chi connectivity index (χ3v) is 6.34. The third-order valence-electron chi connectivity index (χ3n) is 4.35. The van der Waals surface area contributed by atoms with Crippen molar-refractivity contribution in [3.05, 3.63) is 52.5 Å². The summed E-state index contributed by atoms with van der Waals surface area (Å²) in [7, 11) is 0. The second kappa shape index (κ2) is 7.90. The Morgan fingerprint density at radius 2 is 2.11 bits per heavy atom. The number of alkyl halides is 4. The summed E-state index contributed by atoms with van der Waals surface area (Å²) >= 11 is 8.01. The van der Waals surface area contributed by atoms with Crippen LogP contribution in [0.1, 0.15) is 18.4 Å². The lowest BCUT2D eigenvalue weighted by molar-refractivity contribution is -0.139. The lowest BCUT2D eigenvalue weighted by Gasteiger charge is -2.17. The molecule has 1 N–H and O–H groups in total. The summed E-state index contributed by atoms with van der Waals surface area (Å²) < 4.78 is 49.4. The Kier molecular flexibility index (Phi) is 5.95. The molecule has 27 heavy (non-hydrogen) atoms. The molecule has 1 saturated carbocycles. The standard InChI is InChI=1S/C18H15ClF3IO4/c19-13-6-9(18(20,21)22)4-5-14(13)27-11-3-1-2-10(7-11)26-8-12-15(16(12)23)17(24)25/h3-7,12,15-16H,1-2,8H2,(H,24,25)/t12-,15-,16-/m0/s1. The maximum atomic E-state index is 12.7. The van der Waals surface area contributed by atoms with Gasteiger partial charge in [-0.25, -0.2) is 0 Å². The molecule has 0 radical (unpaired) electrons. The molecular weight excluding hydrogens is 500 g/mol. The Labute approximate surface area is 172 Å². The molecule has 1 aromatic carbocycles. The van der Waals surface area contributed by atoms with Gasteiger partial charge in [-0.15, -0.1) is 0 Å². The van der Waals surface area contributed by atoms with Gasteiger partial charge in [0, 0.05) is 22.3 Å². The highest BCUT2D eigenvalue weighted by molar-refractivity contribution is 14.1. The van der Waals surface area contributed by atoms with Crippen LogP contribution in [0.4, 0.5) is 13.2 Å². The van der Waals surface area contributed by atoms with Crippen LogP contribution in [0.3, 0.4) is 0 Å². The van der Waals surface area contributed by atoms with Crippen LogP contribution >= 0.6 is 34.2 Å². The molecule has 0 spiro atoms. The van der Waals surface area contributed by atoms with Gasteiger partial charge >= 0.3 is 12.1 Å². The van der Waals surface area contributed by atoms with E-state index in [1.165, 1.54) is 6.07 Å². The molecular formula is C18H15ClF3IO4. The Hall–Kier alpha value is -1.42. The van der Waals surface area contributed by atoms with Crippen molar-refractivity contribution in [1.82, 2.24) is 0 Å². The Morgan fingerprint density at radius 1 is 1.37 bits per heavy atom. The highest BCUT2D eigenvalue weighted by atomic mass is 127. The second-order valence-electron chi connectivity index (χ2n) is 6.28. The average Bonchev–Trinajstić information content (AvgIpc) is 3.24. The monoisotopic (exact) mass is 514 g/mol. The lowest BCUT2D eigenvalue weighted by atomic mass is 10.1. The summed E-state index contributed by atoms with van der Waals surface area (Å²) in [5.74, 6) is -0.0318. The van der Waals surface area contributed by atoms with Crippen LogP contribution in [-0.2, 0) is 15.7 Å². The van der Waals surface area contributed by atoms with Gasteiger partial charge in [-0.2, -0.15) is 13.2 Å².